The molecule has 0 saturated carbocycles. The standard InChI is InChI=1S/C14H17NO3/c1-4-7-17-13(16)8-12-15-14-10(3)9(2)5-6-11(14)18-12/h5-6H,4,7-8H2,1-3H3. The number of fused-ring (bicyclic) bond motifs is 1. The minimum absolute atomic E-state index is 0.0904. The van der Waals surface area contributed by atoms with Crippen LogP contribution in [0.4, 0.5) is 0 Å². The maximum Gasteiger partial charge on any atom is 0.315 e. The van der Waals surface area contributed by atoms with Gasteiger partial charge >= 0.3 is 5.97 Å². The second-order valence-corrected chi connectivity index (χ2v) is 4.36. The van der Waals surface area contributed by atoms with Gasteiger partial charge in [-0.1, -0.05) is 13.0 Å². The van der Waals surface area contributed by atoms with Gasteiger partial charge in [-0.05, 0) is 37.5 Å². The first kappa shape index (κ1) is 12.6. The summed E-state index contributed by atoms with van der Waals surface area (Å²) >= 11 is 0. The predicted molar refractivity (Wildman–Crippen MR) is 68.4 cm³/mol. The van der Waals surface area contributed by atoms with Crippen molar-refractivity contribution in [2.24, 2.45) is 0 Å². The maximum absolute atomic E-state index is 11.5. The van der Waals surface area contributed by atoms with E-state index >= 15 is 0 Å². The minimum atomic E-state index is -0.294. The maximum atomic E-state index is 11.5. The Morgan fingerprint density at radius 1 is 1.39 bits per heavy atom. The molecule has 0 aliphatic carbocycles. The second kappa shape index (κ2) is 5.21. The van der Waals surface area contributed by atoms with Crippen LogP contribution in [0.3, 0.4) is 0 Å². The molecule has 0 aliphatic heterocycles. The zero-order chi connectivity index (χ0) is 13.1. The van der Waals surface area contributed by atoms with Gasteiger partial charge in [-0.25, -0.2) is 4.98 Å². The van der Waals surface area contributed by atoms with Gasteiger partial charge in [-0.15, -0.1) is 0 Å². The van der Waals surface area contributed by atoms with Crippen LogP contribution in [0, 0.1) is 13.8 Å². The number of carbonyl (C=O) groups excluding carboxylic acids is 1. The summed E-state index contributed by atoms with van der Waals surface area (Å²) in [5, 5.41) is 0. The molecule has 1 heterocycles. The molecule has 0 amide bonds. The summed E-state index contributed by atoms with van der Waals surface area (Å²) in [5.74, 6) is 0.123. The molecular weight excluding hydrogens is 230 g/mol. The molecule has 0 aliphatic rings. The van der Waals surface area contributed by atoms with Gasteiger partial charge in [-0.3, -0.25) is 4.79 Å². The van der Waals surface area contributed by atoms with Gasteiger partial charge in [0.05, 0.1) is 6.61 Å². The topological polar surface area (TPSA) is 52.3 Å². The highest BCUT2D eigenvalue weighted by molar-refractivity contribution is 5.79. The molecule has 2 rings (SSSR count). The number of benzene rings is 1. The first-order valence-electron chi connectivity index (χ1n) is 6.13. The number of hydrogen-bond donors (Lipinski definition) is 0. The number of aromatic nitrogens is 1. The van der Waals surface area contributed by atoms with Crippen LogP contribution in [-0.4, -0.2) is 17.6 Å². The highest BCUT2D eigenvalue weighted by Gasteiger charge is 2.13. The highest BCUT2D eigenvalue weighted by atomic mass is 16.5. The van der Waals surface area contributed by atoms with Gasteiger partial charge in [0, 0.05) is 0 Å². The smallest absolute Gasteiger partial charge is 0.315 e. The van der Waals surface area contributed by atoms with E-state index in [2.05, 4.69) is 4.98 Å². The van der Waals surface area contributed by atoms with Crippen LogP contribution in [-0.2, 0) is 16.0 Å². The van der Waals surface area contributed by atoms with Crippen LogP contribution in [0.1, 0.15) is 30.4 Å². The average molecular weight is 247 g/mol. The Kier molecular flexibility index (Phi) is 3.65. The van der Waals surface area contributed by atoms with Crippen molar-refractivity contribution < 1.29 is 13.9 Å². The summed E-state index contributed by atoms with van der Waals surface area (Å²) in [5.41, 5.74) is 3.80. The van der Waals surface area contributed by atoms with E-state index in [1.165, 1.54) is 0 Å². The number of aryl methyl sites for hydroxylation is 2. The van der Waals surface area contributed by atoms with Crippen molar-refractivity contribution in [3.05, 3.63) is 29.2 Å². The number of nitrogens with zero attached hydrogens (tertiary/aromatic N) is 1. The van der Waals surface area contributed by atoms with Crippen LogP contribution in [0.2, 0.25) is 0 Å². The summed E-state index contributed by atoms with van der Waals surface area (Å²) in [6.45, 7) is 6.42. The normalized spacial score (nSPS) is 10.8. The average Bonchev–Trinajstić information content (AvgIpc) is 2.75. The van der Waals surface area contributed by atoms with E-state index in [4.69, 9.17) is 9.15 Å². The van der Waals surface area contributed by atoms with E-state index in [9.17, 15) is 4.79 Å². The van der Waals surface area contributed by atoms with Crippen LogP contribution in [0.15, 0.2) is 16.5 Å². The van der Waals surface area contributed by atoms with E-state index in [1.807, 2.05) is 32.9 Å². The number of carbonyl (C=O) groups is 1. The fourth-order valence-electron chi connectivity index (χ4n) is 1.74. The molecule has 0 unspecified atom stereocenters. The Hall–Kier alpha value is -1.84. The molecule has 0 fully saturated rings. The van der Waals surface area contributed by atoms with Gasteiger partial charge in [0.15, 0.2) is 5.58 Å². The fraction of sp³-hybridized carbons (Fsp3) is 0.429. The largest absolute Gasteiger partial charge is 0.465 e. The lowest BCUT2D eigenvalue weighted by Crippen LogP contribution is -2.08. The van der Waals surface area contributed by atoms with Crippen molar-refractivity contribution in [2.45, 2.75) is 33.6 Å². The third kappa shape index (κ3) is 2.53. The fourth-order valence-corrected chi connectivity index (χ4v) is 1.74. The Morgan fingerprint density at radius 2 is 2.17 bits per heavy atom. The molecule has 96 valence electrons. The lowest BCUT2D eigenvalue weighted by Gasteiger charge is -1.99. The monoisotopic (exact) mass is 247 g/mol. The van der Waals surface area contributed by atoms with Crippen LogP contribution in [0.5, 0.6) is 0 Å². The van der Waals surface area contributed by atoms with Crippen molar-refractivity contribution in [2.75, 3.05) is 6.61 Å². The van der Waals surface area contributed by atoms with Gasteiger partial charge in [0.25, 0.3) is 0 Å². The number of esters is 1. The Balaban J connectivity index is 2.20. The molecule has 0 atom stereocenters. The highest BCUT2D eigenvalue weighted by Crippen LogP contribution is 2.22. The summed E-state index contributed by atoms with van der Waals surface area (Å²) in [6.07, 6.45) is 0.908. The Labute approximate surface area is 106 Å². The predicted octanol–water partition coefficient (Wildman–Crippen LogP) is 2.94. The van der Waals surface area contributed by atoms with Gasteiger partial charge in [0.2, 0.25) is 5.89 Å². The van der Waals surface area contributed by atoms with E-state index in [1.54, 1.807) is 0 Å². The van der Waals surface area contributed by atoms with Gasteiger partial charge in [-0.2, -0.15) is 0 Å². The van der Waals surface area contributed by atoms with Crippen LogP contribution < -0.4 is 0 Å². The molecule has 0 radical (unpaired) electrons. The SMILES string of the molecule is CCCOC(=O)Cc1nc2c(C)c(C)ccc2o1. The molecule has 0 bridgehead atoms. The second-order valence-electron chi connectivity index (χ2n) is 4.36. The quantitative estimate of drug-likeness (QED) is 0.779. The molecule has 4 nitrogen and oxygen atoms in total. The number of rotatable bonds is 4. The van der Waals surface area contributed by atoms with E-state index in [0.717, 1.165) is 28.6 Å². The number of ether oxygens (including phenoxy) is 1. The molecule has 2 aromatic rings. The first-order chi connectivity index (χ1) is 8.61. The third-order valence-electron chi connectivity index (χ3n) is 2.89. The molecule has 0 N–H and O–H groups in total. The first-order valence-corrected chi connectivity index (χ1v) is 6.13. The molecule has 1 aromatic heterocycles. The van der Waals surface area contributed by atoms with Crippen molar-refractivity contribution in [1.82, 2.24) is 4.98 Å². The van der Waals surface area contributed by atoms with Crippen molar-refractivity contribution >= 4 is 17.1 Å². The molecule has 0 spiro atoms. The zero-order valence-corrected chi connectivity index (χ0v) is 10.9. The molecule has 1 aromatic carbocycles. The zero-order valence-electron chi connectivity index (χ0n) is 10.9. The summed E-state index contributed by atoms with van der Waals surface area (Å²) in [6, 6.07) is 3.87. The number of hydrogen-bond acceptors (Lipinski definition) is 4. The minimum Gasteiger partial charge on any atom is -0.465 e. The van der Waals surface area contributed by atoms with E-state index in [-0.39, 0.29) is 12.4 Å². The summed E-state index contributed by atoms with van der Waals surface area (Å²) < 4.78 is 10.5. The number of oxazole rings is 1. The summed E-state index contributed by atoms with van der Waals surface area (Å²) in [4.78, 5) is 15.8. The lowest BCUT2D eigenvalue weighted by atomic mass is 10.1. The molecule has 4 heteroatoms. The van der Waals surface area contributed by atoms with Gasteiger partial charge in [0.1, 0.15) is 11.9 Å². The van der Waals surface area contributed by atoms with Crippen molar-refractivity contribution in [3.63, 3.8) is 0 Å². The summed E-state index contributed by atoms with van der Waals surface area (Å²) in [7, 11) is 0. The van der Waals surface area contributed by atoms with E-state index in [0.29, 0.717) is 12.5 Å². The Morgan fingerprint density at radius 3 is 2.89 bits per heavy atom. The lowest BCUT2D eigenvalue weighted by molar-refractivity contribution is -0.143. The van der Waals surface area contributed by atoms with Gasteiger partial charge < -0.3 is 9.15 Å². The van der Waals surface area contributed by atoms with Crippen LogP contribution >= 0.6 is 0 Å². The molecular formula is C14H17NO3. The molecule has 0 saturated heterocycles. The Bertz CT molecular complexity index is 572. The van der Waals surface area contributed by atoms with Crippen molar-refractivity contribution in [1.29, 1.82) is 0 Å². The van der Waals surface area contributed by atoms with E-state index < -0.39 is 0 Å². The van der Waals surface area contributed by atoms with Crippen LogP contribution in [0.25, 0.3) is 11.1 Å². The third-order valence-corrected chi connectivity index (χ3v) is 2.89. The molecule has 18 heavy (non-hydrogen) atoms. The van der Waals surface area contributed by atoms with Crippen molar-refractivity contribution in [3.8, 4) is 0 Å².